The Bertz CT molecular complexity index is 297. The van der Waals surface area contributed by atoms with Crippen LogP contribution in [0, 0.1) is 5.92 Å². The molecule has 1 unspecified atom stereocenters. The number of hydrogen-bond acceptors (Lipinski definition) is 0. The minimum absolute atomic E-state index is 0.797. The molecule has 17 heavy (non-hydrogen) atoms. The maximum Gasteiger partial charge on any atom is -0.0236 e. The Kier molecular flexibility index (Phi) is 7.46. The fourth-order valence-electron chi connectivity index (χ4n) is 2.09. The van der Waals surface area contributed by atoms with Gasteiger partial charge < -0.3 is 0 Å². The van der Waals surface area contributed by atoms with Gasteiger partial charge in [-0.25, -0.2) is 0 Å². The Hall–Kier alpha value is -1.04. The molecule has 0 heteroatoms. The van der Waals surface area contributed by atoms with E-state index in [-0.39, 0.29) is 0 Å². The summed E-state index contributed by atoms with van der Waals surface area (Å²) in [4.78, 5) is 0. The van der Waals surface area contributed by atoms with Gasteiger partial charge in [0.1, 0.15) is 0 Å². The molecule has 0 aromatic heterocycles. The molecule has 0 spiro atoms. The summed E-state index contributed by atoms with van der Waals surface area (Å²) in [6.45, 7) is 4.56. The van der Waals surface area contributed by atoms with E-state index in [4.69, 9.17) is 0 Å². The Labute approximate surface area is 107 Å². The SMILES string of the molecule is CCCCC(/C=C/CCc1ccccc1)CC. The highest BCUT2D eigenvalue weighted by atomic mass is 14.1. The first kappa shape index (κ1) is 14.0. The summed E-state index contributed by atoms with van der Waals surface area (Å²) in [5, 5.41) is 0. The van der Waals surface area contributed by atoms with Crippen molar-refractivity contribution in [3.05, 3.63) is 48.0 Å². The highest BCUT2D eigenvalue weighted by Crippen LogP contribution is 2.14. The van der Waals surface area contributed by atoms with Gasteiger partial charge in [-0.15, -0.1) is 0 Å². The molecular weight excluding hydrogens is 204 g/mol. The average molecular weight is 230 g/mol. The van der Waals surface area contributed by atoms with Gasteiger partial charge in [0.2, 0.25) is 0 Å². The number of unbranched alkanes of at least 4 members (excludes halogenated alkanes) is 1. The van der Waals surface area contributed by atoms with Crippen LogP contribution in [0.3, 0.4) is 0 Å². The largest absolute Gasteiger partial charge is 0.0879 e. The molecule has 1 atom stereocenters. The normalized spacial score (nSPS) is 13.1. The minimum atomic E-state index is 0.797. The van der Waals surface area contributed by atoms with Gasteiger partial charge in [0, 0.05) is 0 Å². The zero-order valence-corrected chi connectivity index (χ0v) is 11.4. The molecule has 0 N–H and O–H groups in total. The predicted octanol–water partition coefficient (Wildman–Crippen LogP) is 5.39. The number of allylic oxidation sites excluding steroid dienone is 2. The minimum Gasteiger partial charge on any atom is -0.0879 e. The first-order valence-corrected chi connectivity index (χ1v) is 7.07. The van der Waals surface area contributed by atoms with Gasteiger partial charge in [0.25, 0.3) is 0 Å². The van der Waals surface area contributed by atoms with Crippen molar-refractivity contribution in [1.29, 1.82) is 0 Å². The van der Waals surface area contributed by atoms with Crippen molar-refractivity contribution in [2.24, 2.45) is 5.92 Å². The Morgan fingerprint density at radius 3 is 2.53 bits per heavy atom. The van der Waals surface area contributed by atoms with Crippen molar-refractivity contribution >= 4 is 0 Å². The van der Waals surface area contributed by atoms with Gasteiger partial charge in [-0.3, -0.25) is 0 Å². The number of hydrogen-bond donors (Lipinski definition) is 0. The van der Waals surface area contributed by atoms with Gasteiger partial charge >= 0.3 is 0 Å². The molecule has 1 aromatic carbocycles. The lowest BCUT2D eigenvalue weighted by Crippen LogP contribution is -1.94. The summed E-state index contributed by atoms with van der Waals surface area (Å²) in [6.07, 6.45) is 12.5. The van der Waals surface area contributed by atoms with Crippen LogP contribution < -0.4 is 0 Å². The molecule has 0 aliphatic heterocycles. The van der Waals surface area contributed by atoms with E-state index in [9.17, 15) is 0 Å². The van der Waals surface area contributed by atoms with E-state index in [1.165, 1.54) is 44.1 Å². The van der Waals surface area contributed by atoms with Crippen molar-refractivity contribution < 1.29 is 0 Å². The molecule has 0 saturated heterocycles. The van der Waals surface area contributed by atoms with Crippen LogP contribution in [-0.2, 0) is 6.42 Å². The predicted molar refractivity (Wildman–Crippen MR) is 77.2 cm³/mol. The Morgan fingerprint density at radius 2 is 1.88 bits per heavy atom. The molecule has 0 amide bonds. The van der Waals surface area contributed by atoms with E-state index in [2.05, 4.69) is 56.3 Å². The summed E-state index contributed by atoms with van der Waals surface area (Å²) in [7, 11) is 0. The molecule has 0 aliphatic carbocycles. The number of aryl methyl sites for hydroxylation is 1. The smallest absolute Gasteiger partial charge is 0.0236 e. The van der Waals surface area contributed by atoms with Gasteiger partial charge in [-0.1, -0.05) is 69.2 Å². The van der Waals surface area contributed by atoms with Crippen LogP contribution in [-0.4, -0.2) is 0 Å². The third-order valence-corrected chi connectivity index (χ3v) is 3.30. The standard InChI is InChI=1S/C17H26/c1-3-5-11-16(4-2)12-9-10-15-17-13-7-6-8-14-17/h6-9,12-14,16H,3-5,10-11,15H2,1-2H3/b12-9+. The number of rotatable bonds is 8. The molecular formula is C17H26. The third kappa shape index (κ3) is 6.31. The van der Waals surface area contributed by atoms with E-state index in [0.29, 0.717) is 0 Å². The van der Waals surface area contributed by atoms with E-state index >= 15 is 0 Å². The van der Waals surface area contributed by atoms with Crippen LogP contribution in [0.15, 0.2) is 42.5 Å². The molecule has 1 rings (SSSR count). The second kappa shape index (κ2) is 9.04. The zero-order chi connectivity index (χ0) is 12.3. The van der Waals surface area contributed by atoms with Gasteiger partial charge in [0.05, 0.1) is 0 Å². The van der Waals surface area contributed by atoms with Crippen molar-refractivity contribution in [3.8, 4) is 0 Å². The summed E-state index contributed by atoms with van der Waals surface area (Å²) in [5.74, 6) is 0.797. The molecule has 0 nitrogen and oxygen atoms in total. The monoisotopic (exact) mass is 230 g/mol. The summed E-state index contributed by atoms with van der Waals surface area (Å²) < 4.78 is 0. The molecule has 0 fully saturated rings. The Morgan fingerprint density at radius 1 is 1.12 bits per heavy atom. The highest BCUT2D eigenvalue weighted by molar-refractivity contribution is 5.15. The van der Waals surface area contributed by atoms with E-state index in [0.717, 1.165) is 5.92 Å². The maximum atomic E-state index is 2.43. The van der Waals surface area contributed by atoms with Crippen molar-refractivity contribution in [2.75, 3.05) is 0 Å². The van der Waals surface area contributed by atoms with E-state index in [1.54, 1.807) is 0 Å². The van der Waals surface area contributed by atoms with Gasteiger partial charge in [-0.2, -0.15) is 0 Å². The molecule has 94 valence electrons. The van der Waals surface area contributed by atoms with E-state index < -0.39 is 0 Å². The van der Waals surface area contributed by atoms with Crippen LogP contribution >= 0.6 is 0 Å². The quantitative estimate of drug-likeness (QED) is 0.525. The summed E-state index contributed by atoms with van der Waals surface area (Å²) in [5.41, 5.74) is 1.44. The fraction of sp³-hybridized carbons (Fsp3) is 0.529. The fourth-order valence-corrected chi connectivity index (χ4v) is 2.09. The lowest BCUT2D eigenvalue weighted by atomic mass is 9.98. The third-order valence-electron chi connectivity index (χ3n) is 3.30. The Balaban J connectivity index is 2.24. The average Bonchev–Trinajstić information content (AvgIpc) is 2.39. The molecule has 0 aliphatic rings. The van der Waals surface area contributed by atoms with Gasteiger partial charge in [0.15, 0.2) is 0 Å². The lowest BCUT2D eigenvalue weighted by molar-refractivity contribution is 0.539. The molecule has 0 radical (unpaired) electrons. The second-order valence-corrected chi connectivity index (χ2v) is 4.76. The summed E-state index contributed by atoms with van der Waals surface area (Å²) in [6, 6.07) is 10.7. The summed E-state index contributed by atoms with van der Waals surface area (Å²) >= 11 is 0. The van der Waals surface area contributed by atoms with Gasteiger partial charge in [-0.05, 0) is 37.2 Å². The maximum absolute atomic E-state index is 2.43. The van der Waals surface area contributed by atoms with Crippen molar-refractivity contribution in [1.82, 2.24) is 0 Å². The van der Waals surface area contributed by atoms with Crippen LogP contribution in [0.25, 0.3) is 0 Å². The highest BCUT2D eigenvalue weighted by Gasteiger charge is 1.99. The topological polar surface area (TPSA) is 0 Å². The van der Waals surface area contributed by atoms with Crippen LogP contribution in [0.5, 0.6) is 0 Å². The number of benzene rings is 1. The first-order chi connectivity index (χ1) is 8.36. The van der Waals surface area contributed by atoms with Crippen LogP contribution in [0.2, 0.25) is 0 Å². The van der Waals surface area contributed by atoms with E-state index in [1.807, 2.05) is 0 Å². The zero-order valence-electron chi connectivity index (χ0n) is 11.4. The first-order valence-electron chi connectivity index (χ1n) is 7.07. The molecule has 1 aromatic rings. The van der Waals surface area contributed by atoms with Crippen molar-refractivity contribution in [2.45, 2.75) is 52.4 Å². The molecule has 0 saturated carbocycles. The second-order valence-electron chi connectivity index (χ2n) is 4.76. The van der Waals surface area contributed by atoms with Crippen LogP contribution in [0.1, 0.15) is 51.5 Å². The van der Waals surface area contributed by atoms with Crippen LogP contribution in [0.4, 0.5) is 0 Å². The lowest BCUT2D eigenvalue weighted by Gasteiger charge is -2.08. The molecule has 0 bridgehead atoms. The molecule has 0 heterocycles. The van der Waals surface area contributed by atoms with Crippen molar-refractivity contribution in [3.63, 3.8) is 0 Å².